The Hall–Kier alpha value is -3.81. The van der Waals surface area contributed by atoms with Crippen LogP contribution in [-0.2, 0) is 13.1 Å². The lowest BCUT2D eigenvalue weighted by Gasteiger charge is -2.11. The van der Waals surface area contributed by atoms with Crippen molar-refractivity contribution in [3.8, 4) is 0 Å². The van der Waals surface area contributed by atoms with Gasteiger partial charge in [-0.2, -0.15) is 5.10 Å². The number of nitrogens with one attached hydrogen (secondary N) is 2. The molecule has 0 aliphatic heterocycles. The molecule has 0 unspecified atom stereocenters. The van der Waals surface area contributed by atoms with Crippen molar-refractivity contribution in [1.82, 2.24) is 20.1 Å². The van der Waals surface area contributed by atoms with Crippen LogP contribution in [0.1, 0.15) is 32.7 Å². The lowest BCUT2D eigenvalue weighted by molar-refractivity contribution is 0.0950. The average Bonchev–Trinajstić information content (AvgIpc) is 3.11. The van der Waals surface area contributed by atoms with Gasteiger partial charge >= 0.3 is 0 Å². The average molecular weight is 391 g/mol. The van der Waals surface area contributed by atoms with E-state index in [1.165, 1.54) is 0 Å². The Kier molecular flexibility index (Phi) is 5.82. The van der Waals surface area contributed by atoms with Crippen molar-refractivity contribution in [1.29, 1.82) is 0 Å². The molecule has 6 N–H and O–H groups in total. The van der Waals surface area contributed by atoms with Crippen molar-refractivity contribution in [3.05, 3.63) is 77.4 Å². The van der Waals surface area contributed by atoms with Crippen molar-refractivity contribution in [2.24, 2.45) is 0 Å². The molecule has 0 atom stereocenters. The first-order valence-electron chi connectivity index (χ1n) is 9.16. The highest BCUT2D eigenvalue weighted by atomic mass is 16.1. The van der Waals surface area contributed by atoms with E-state index in [9.17, 15) is 4.79 Å². The van der Waals surface area contributed by atoms with Gasteiger partial charge in [-0.05, 0) is 54.9 Å². The summed E-state index contributed by atoms with van der Waals surface area (Å²) in [7, 11) is 0. The third-order valence-electron chi connectivity index (χ3n) is 4.61. The van der Waals surface area contributed by atoms with Crippen LogP contribution in [-0.4, -0.2) is 20.7 Å². The second-order valence-electron chi connectivity index (χ2n) is 6.81. The molecule has 2 aromatic heterocycles. The number of hydrogen-bond acceptors (Lipinski definition) is 6. The zero-order valence-corrected chi connectivity index (χ0v) is 16.6. The van der Waals surface area contributed by atoms with E-state index >= 15 is 0 Å². The summed E-state index contributed by atoms with van der Waals surface area (Å²) >= 11 is 0. The number of hydrogen-bond donors (Lipinski definition) is 4. The Morgan fingerprint density at radius 1 is 1.28 bits per heavy atom. The molecule has 0 saturated carbocycles. The van der Waals surface area contributed by atoms with E-state index in [4.69, 9.17) is 11.5 Å². The summed E-state index contributed by atoms with van der Waals surface area (Å²) in [6.07, 6.45) is 4.84. The third-order valence-corrected chi connectivity index (χ3v) is 4.61. The molecule has 150 valence electrons. The normalized spacial score (nSPS) is 10.6. The number of nitrogens with two attached hydrogens (primary N) is 2. The molecule has 3 aromatic rings. The first-order chi connectivity index (χ1) is 13.9. The fourth-order valence-corrected chi connectivity index (χ4v) is 3.13. The number of amides is 1. The van der Waals surface area contributed by atoms with Crippen LogP contribution in [0.15, 0.2) is 49.4 Å². The van der Waals surface area contributed by atoms with E-state index in [-0.39, 0.29) is 5.91 Å². The number of nitrogen functional groups attached to an aromatic ring is 2. The number of anilines is 3. The number of nitrogens with zero attached hydrogens (tertiary/aromatic N) is 3. The van der Waals surface area contributed by atoms with Gasteiger partial charge in [0, 0.05) is 18.4 Å². The van der Waals surface area contributed by atoms with Crippen LogP contribution in [0.2, 0.25) is 0 Å². The van der Waals surface area contributed by atoms with Crippen LogP contribution in [0, 0.1) is 13.8 Å². The zero-order valence-electron chi connectivity index (χ0n) is 16.6. The molecule has 8 heteroatoms. The lowest BCUT2D eigenvalue weighted by Crippen LogP contribution is -2.23. The minimum Gasteiger partial charge on any atom is -0.397 e. The summed E-state index contributed by atoms with van der Waals surface area (Å²) in [5.41, 5.74) is 17.4. The van der Waals surface area contributed by atoms with Gasteiger partial charge in [-0.3, -0.25) is 9.48 Å². The monoisotopic (exact) mass is 391 g/mol. The lowest BCUT2D eigenvalue weighted by atomic mass is 10.1. The van der Waals surface area contributed by atoms with Crippen LogP contribution in [0.4, 0.5) is 17.2 Å². The minimum atomic E-state index is -0.197. The molecule has 0 aliphatic carbocycles. The first-order valence-corrected chi connectivity index (χ1v) is 9.16. The summed E-state index contributed by atoms with van der Waals surface area (Å²) in [5.74, 6) is 0.280. The summed E-state index contributed by atoms with van der Waals surface area (Å²) in [4.78, 5) is 16.7. The molecule has 29 heavy (non-hydrogen) atoms. The fraction of sp³-hybridized carbons (Fsp3) is 0.190. The van der Waals surface area contributed by atoms with E-state index in [0.29, 0.717) is 30.2 Å². The van der Waals surface area contributed by atoms with E-state index < -0.39 is 0 Å². The zero-order chi connectivity index (χ0) is 21.0. The number of pyridine rings is 1. The number of aromatic nitrogens is 3. The maximum Gasteiger partial charge on any atom is 0.254 e. The first kappa shape index (κ1) is 19.9. The molecule has 0 spiro atoms. The number of aryl methyl sites for hydroxylation is 2. The molecular weight excluding hydrogens is 366 g/mol. The van der Waals surface area contributed by atoms with Gasteiger partial charge in [-0.25, -0.2) is 4.98 Å². The van der Waals surface area contributed by atoms with Gasteiger partial charge in [0.25, 0.3) is 5.91 Å². The SMILES string of the molecule is C=CNc1ccc(Cn2cc(C(=O)NCc3c(C)cc(N)nc3C)cn2)cc1N. The van der Waals surface area contributed by atoms with Crippen LogP contribution in [0.3, 0.4) is 0 Å². The van der Waals surface area contributed by atoms with Crippen LogP contribution in [0.5, 0.6) is 0 Å². The van der Waals surface area contributed by atoms with Crippen molar-refractivity contribution in [2.45, 2.75) is 26.9 Å². The van der Waals surface area contributed by atoms with E-state index in [1.807, 2.05) is 32.0 Å². The van der Waals surface area contributed by atoms with Crippen molar-refractivity contribution < 1.29 is 4.79 Å². The minimum absolute atomic E-state index is 0.197. The topological polar surface area (TPSA) is 124 Å². The van der Waals surface area contributed by atoms with Gasteiger partial charge in [0.2, 0.25) is 0 Å². The number of carbonyl (C=O) groups excluding carboxylic acids is 1. The molecule has 0 fully saturated rings. The van der Waals surface area contributed by atoms with Gasteiger partial charge in [0.1, 0.15) is 5.82 Å². The molecule has 0 radical (unpaired) electrons. The molecule has 2 heterocycles. The fourth-order valence-electron chi connectivity index (χ4n) is 3.13. The number of carbonyl (C=O) groups is 1. The predicted octanol–water partition coefficient (Wildman–Crippen LogP) is 2.59. The Morgan fingerprint density at radius 2 is 2.07 bits per heavy atom. The molecule has 1 aromatic carbocycles. The summed E-state index contributed by atoms with van der Waals surface area (Å²) in [6.45, 7) is 8.34. The Balaban J connectivity index is 1.64. The van der Waals surface area contributed by atoms with E-state index in [0.717, 1.165) is 28.1 Å². The Morgan fingerprint density at radius 3 is 2.76 bits per heavy atom. The number of rotatable bonds is 7. The maximum atomic E-state index is 12.5. The molecule has 0 saturated heterocycles. The highest BCUT2D eigenvalue weighted by Gasteiger charge is 2.12. The summed E-state index contributed by atoms with van der Waals surface area (Å²) < 4.78 is 1.70. The molecule has 8 nitrogen and oxygen atoms in total. The smallest absolute Gasteiger partial charge is 0.254 e. The van der Waals surface area contributed by atoms with E-state index in [1.54, 1.807) is 29.3 Å². The Labute approximate surface area is 169 Å². The maximum absolute atomic E-state index is 12.5. The van der Waals surface area contributed by atoms with Crippen LogP contribution < -0.4 is 22.1 Å². The second kappa shape index (κ2) is 8.47. The highest BCUT2D eigenvalue weighted by molar-refractivity contribution is 5.93. The van der Waals surface area contributed by atoms with E-state index in [2.05, 4.69) is 27.3 Å². The highest BCUT2D eigenvalue weighted by Crippen LogP contribution is 2.20. The molecule has 1 amide bonds. The van der Waals surface area contributed by atoms with Gasteiger partial charge in [-0.1, -0.05) is 12.6 Å². The third kappa shape index (κ3) is 4.73. The van der Waals surface area contributed by atoms with Crippen molar-refractivity contribution >= 4 is 23.1 Å². The Bertz CT molecular complexity index is 1030. The largest absolute Gasteiger partial charge is 0.397 e. The van der Waals surface area contributed by atoms with Gasteiger partial charge in [0.15, 0.2) is 0 Å². The van der Waals surface area contributed by atoms with Gasteiger partial charge in [0.05, 0.1) is 29.7 Å². The van der Waals surface area contributed by atoms with Gasteiger partial charge < -0.3 is 22.1 Å². The molecule has 0 aliphatic rings. The molecule has 0 bridgehead atoms. The van der Waals surface area contributed by atoms with Crippen LogP contribution >= 0.6 is 0 Å². The predicted molar refractivity (Wildman–Crippen MR) is 115 cm³/mol. The van der Waals surface area contributed by atoms with Gasteiger partial charge in [-0.15, -0.1) is 0 Å². The number of benzene rings is 1. The standard InChI is InChI=1S/C21H25N7O/c1-4-24-19-6-5-15(8-18(19)22)11-28-12-16(9-26-28)21(29)25-10-17-13(2)7-20(23)27-14(17)3/h4-9,12,24H,1,10-11,22H2,2-3H3,(H2,23,27)(H,25,29). The van der Waals surface area contributed by atoms with Crippen molar-refractivity contribution in [3.63, 3.8) is 0 Å². The quantitative estimate of drug-likeness (QED) is 0.459. The van der Waals surface area contributed by atoms with Crippen molar-refractivity contribution in [2.75, 3.05) is 16.8 Å². The summed E-state index contributed by atoms with van der Waals surface area (Å²) in [5, 5.41) is 10.2. The molecular formula is C21H25N7O. The second-order valence-corrected chi connectivity index (χ2v) is 6.81. The van der Waals surface area contributed by atoms with Crippen LogP contribution in [0.25, 0.3) is 0 Å². The molecule has 3 rings (SSSR count). The summed E-state index contributed by atoms with van der Waals surface area (Å²) in [6, 6.07) is 7.50.